The number of piperidine rings is 1. The minimum atomic E-state index is -0.399. The summed E-state index contributed by atoms with van der Waals surface area (Å²) >= 11 is 5.45. The topological polar surface area (TPSA) is 58.4 Å². The smallest absolute Gasteiger partial charge is 0.271 e. The van der Waals surface area contributed by atoms with Gasteiger partial charge in [-0.3, -0.25) is 10.1 Å². The molecule has 1 atom stereocenters. The second-order valence-corrected chi connectivity index (χ2v) is 5.38. The molecule has 1 unspecified atom stereocenters. The minimum absolute atomic E-state index is 0.0727. The van der Waals surface area contributed by atoms with Crippen LogP contribution >= 0.6 is 12.2 Å². The number of benzene rings is 1. The Labute approximate surface area is 124 Å². The van der Waals surface area contributed by atoms with E-state index in [4.69, 9.17) is 12.2 Å². The van der Waals surface area contributed by atoms with E-state index in [1.807, 2.05) is 0 Å². The minimum Gasteiger partial charge on any atom is -0.346 e. The highest BCUT2D eigenvalue weighted by Crippen LogP contribution is 2.22. The average Bonchev–Trinajstić information content (AvgIpc) is 2.47. The van der Waals surface area contributed by atoms with Crippen molar-refractivity contribution in [3.63, 3.8) is 0 Å². The molecule has 108 valence electrons. The van der Waals surface area contributed by atoms with E-state index < -0.39 is 4.92 Å². The number of nitro groups is 1. The molecule has 2 rings (SSSR count). The SMILES string of the molecule is CCC1CCCCN1C(=S)Nc1cccc([N+](=O)[O-])c1. The number of nitro benzene ring substituents is 1. The van der Waals surface area contributed by atoms with Gasteiger partial charge < -0.3 is 10.2 Å². The summed E-state index contributed by atoms with van der Waals surface area (Å²) in [4.78, 5) is 12.6. The van der Waals surface area contributed by atoms with E-state index in [0.717, 1.165) is 25.8 Å². The molecular weight excluding hydrogens is 274 g/mol. The van der Waals surface area contributed by atoms with Gasteiger partial charge in [-0.05, 0) is 44.0 Å². The van der Waals surface area contributed by atoms with Crippen LogP contribution in [-0.2, 0) is 0 Å². The molecule has 1 aliphatic heterocycles. The van der Waals surface area contributed by atoms with Gasteiger partial charge in [0.25, 0.3) is 5.69 Å². The van der Waals surface area contributed by atoms with Crippen LogP contribution in [0.5, 0.6) is 0 Å². The van der Waals surface area contributed by atoms with Crippen molar-refractivity contribution >= 4 is 28.7 Å². The summed E-state index contributed by atoms with van der Waals surface area (Å²) in [5.74, 6) is 0. The molecule has 6 heteroatoms. The molecule has 0 bridgehead atoms. The average molecular weight is 293 g/mol. The fourth-order valence-corrected chi connectivity index (χ4v) is 2.94. The molecule has 0 spiro atoms. The molecule has 1 aromatic carbocycles. The first-order valence-corrected chi connectivity index (χ1v) is 7.34. The molecule has 5 nitrogen and oxygen atoms in total. The van der Waals surface area contributed by atoms with Crippen LogP contribution in [0.4, 0.5) is 11.4 Å². The molecule has 1 saturated heterocycles. The Morgan fingerprint density at radius 1 is 1.55 bits per heavy atom. The zero-order valence-corrected chi connectivity index (χ0v) is 12.4. The molecule has 1 fully saturated rings. The van der Waals surface area contributed by atoms with E-state index in [2.05, 4.69) is 17.1 Å². The normalized spacial score (nSPS) is 18.6. The Bertz CT molecular complexity index is 507. The summed E-state index contributed by atoms with van der Waals surface area (Å²) in [6.07, 6.45) is 4.62. The Morgan fingerprint density at radius 2 is 2.35 bits per heavy atom. The lowest BCUT2D eigenvalue weighted by atomic mass is 10.0. The Morgan fingerprint density at radius 3 is 3.05 bits per heavy atom. The maximum absolute atomic E-state index is 10.8. The van der Waals surface area contributed by atoms with Crippen molar-refractivity contribution in [1.29, 1.82) is 0 Å². The van der Waals surface area contributed by atoms with E-state index >= 15 is 0 Å². The van der Waals surface area contributed by atoms with Gasteiger partial charge in [-0.2, -0.15) is 0 Å². The van der Waals surface area contributed by atoms with E-state index in [9.17, 15) is 10.1 Å². The van der Waals surface area contributed by atoms with Crippen molar-refractivity contribution < 1.29 is 4.92 Å². The second kappa shape index (κ2) is 6.65. The summed E-state index contributed by atoms with van der Waals surface area (Å²) in [6, 6.07) is 6.92. The van der Waals surface area contributed by atoms with Gasteiger partial charge in [-0.1, -0.05) is 13.0 Å². The molecule has 1 aromatic rings. The van der Waals surface area contributed by atoms with Crippen LogP contribution in [0.2, 0.25) is 0 Å². The molecule has 1 N–H and O–H groups in total. The molecule has 20 heavy (non-hydrogen) atoms. The van der Waals surface area contributed by atoms with Gasteiger partial charge in [0.05, 0.1) is 4.92 Å². The molecule has 0 saturated carbocycles. The van der Waals surface area contributed by atoms with Crippen molar-refractivity contribution in [2.75, 3.05) is 11.9 Å². The highest BCUT2D eigenvalue weighted by atomic mass is 32.1. The molecule has 0 aliphatic carbocycles. The van der Waals surface area contributed by atoms with Crippen molar-refractivity contribution in [1.82, 2.24) is 4.90 Å². The van der Waals surface area contributed by atoms with Crippen LogP contribution in [0.15, 0.2) is 24.3 Å². The first kappa shape index (κ1) is 14.7. The standard InChI is InChI=1S/C14H19N3O2S/c1-2-12-7-3-4-9-16(12)14(20)15-11-6-5-8-13(10-11)17(18)19/h5-6,8,10,12H,2-4,7,9H2,1H3,(H,15,20). The van der Waals surface area contributed by atoms with Gasteiger partial charge >= 0.3 is 0 Å². The number of hydrogen-bond acceptors (Lipinski definition) is 3. The van der Waals surface area contributed by atoms with Crippen LogP contribution < -0.4 is 5.32 Å². The quantitative estimate of drug-likeness (QED) is 0.524. The fraction of sp³-hybridized carbons (Fsp3) is 0.500. The Kier molecular flexibility index (Phi) is 4.89. The van der Waals surface area contributed by atoms with E-state index in [1.165, 1.54) is 18.6 Å². The van der Waals surface area contributed by atoms with Gasteiger partial charge in [0.15, 0.2) is 5.11 Å². The number of nitrogens with zero attached hydrogens (tertiary/aromatic N) is 2. The largest absolute Gasteiger partial charge is 0.346 e. The molecule has 1 aliphatic rings. The predicted molar refractivity (Wildman–Crippen MR) is 84.0 cm³/mol. The van der Waals surface area contributed by atoms with E-state index in [1.54, 1.807) is 12.1 Å². The zero-order valence-electron chi connectivity index (χ0n) is 11.5. The van der Waals surface area contributed by atoms with Gasteiger partial charge in [0, 0.05) is 30.4 Å². The van der Waals surface area contributed by atoms with Crippen molar-refractivity contribution in [3.8, 4) is 0 Å². The first-order chi connectivity index (χ1) is 9.61. The summed E-state index contributed by atoms with van der Waals surface area (Å²) in [7, 11) is 0. The predicted octanol–water partition coefficient (Wildman–Crippen LogP) is 3.56. The Hall–Kier alpha value is -1.69. The van der Waals surface area contributed by atoms with E-state index in [0.29, 0.717) is 16.8 Å². The number of rotatable bonds is 3. The number of anilines is 1. The lowest BCUT2D eigenvalue weighted by Crippen LogP contribution is -2.45. The maximum atomic E-state index is 10.8. The number of likely N-dealkylation sites (tertiary alicyclic amines) is 1. The van der Waals surface area contributed by atoms with Gasteiger partial charge in [-0.15, -0.1) is 0 Å². The van der Waals surface area contributed by atoms with Crippen LogP contribution in [0.1, 0.15) is 32.6 Å². The number of nitrogens with one attached hydrogen (secondary N) is 1. The van der Waals surface area contributed by atoms with Crippen LogP contribution in [-0.4, -0.2) is 27.5 Å². The van der Waals surface area contributed by atoms with Gasteiger partial charge in [0.1, 0.15) is 0 Å². The zero-order chi connectivity index (χ0) is 14.5. The van der Waals surface area contributed by atoms with Gasteiger partial charge in [0.2, 0.25) is 0 Å². The molecule has 0 radical (unpaired) electrons. The van der Waals surface area contributed by atoms with Gasteiger partial charge in [-0.25, -0.2) is 0 Å². The highest BCUT2D eigenvalue weighted by molar-refractivity contribution is 7.80. The Balaban J connectivity index is 2.06. The van der Waals surface area contributed by atoms with Crippen molar-refractivity contribution in [3.05, 3.63) is 34.4 Å². The monoisotopic (exact) mass is 293 g/mol. The van der Waals surface area contributed by atoms with Crippen LogP contribution in [0.3, 0.4) is 0 Å². The third kappa shape index (κ3) is 3.45. The van der Waals surface area contributed by atoms with Crippen LogP contribution in [0.25, 0.3) is 0 Å². The highest BCUT2D eigenvalue weighted by Gasteiger charge is 2.23. The molecular formula is C14H19N3O2S. The first-order valence-electron chi connectivity index (χ1n) is 6.94. The number of thiocarbonyl (C=S) groups is 1. The number of non-ortho nitro benzene ring substituents is 1. The summed E-state index contributed by atoms with van der Waals surface area (Å²) < 4.78 is 0. The lowest BCUT2D eigenvalue weighted by Gasteiger charge is -2.37. The maximum Gasteiger partial charge on any atom is 0.271 e. The molecule has 1 heterocycles. The molecule has 0 aromatic heterocycles. The number of hydrogen-bond donors (Lipinski definition) is 1. The van der Waals surface area contributed by atoms with E-state index in [-0.39, 0.29) is 5.69 Å². The fourth-order valence-electron chi connectivity index (χ4n) is 2.58. The lowest BCUT2D eigenvalue weighted by molar-refractivity contribution is -0.384. The summed E-state index contributed by atoms with van der Waals surface area (Å²) in [6.45, 7) is 3.12. The second-order valence-electron chi connectivity index (χ2n) is 4.99. The van der Waals surface area contributed by atoms with Crippen molar-refractivity contribution in [2.45, 2.75) is 38.6 Å². The third-order valence-electron chi connectivity index (χ3n) is 3.67. The van der Waals surface area contributed by atoms with Crippen LogP contribution in [0, 0.1) is 10.1 Å². The van der Waals surface area contributed by atoms with Crippen molar-refractivity contribution in [2.24, 2.45) is 0 Å². The summed E-state index contributed by atoms with van der Waals surface area (Å²) in [5, 5.41) is 14.6. The third-order valence-corrected chi connectivity index (χ3v) is 4.00. The summed E-state index contributed by atoms with van der Waals surface area (Å²) in [5.41, 5.74) is 0.744. The molecule has 0 amide bonds.